The highest BCUT2D eigenvalue weighted by molar-refractivity contribution is 5.99. The van der Waals surface area contributed by atoms with Crippen molar-refractivity contribution in [2.45, 2.75) is 90.5 Å². The van der Waals surface area contributed by atoms with E-state index in [4.69, 9.17) is 4.74 Å². The Kier molecular flexibility index (Phi) is 14.5. The molecule has 0 fully saturated rings. The number of fused-ring (bicyclic) bond motifs is 18. The molecule has 3 aromatic rings. The first-order valence-electron chi connectivity index (χ1n) is 17.6. The Morgan fingerprint density at radius 1 is 0.961 bits per heavy atom. The number of hydrogen-bond acceptors (Lipinski definition) is 8. The van der Waals surface area contributed by atoms with Crippen LogP contribution < -0.4 is 26.0 Å². The van der Waals surface area contributed by atoms with Crippen molar-refractivity contribution in [3.8, 4) is 5.75 Å². The number of rotatable bonds is 9. The summed E-state index contributed by atoms with van der Waals surface area (Å²) in [6.07, 6.45) is 5.99. The molecule has 3 heterocycles. The maximum atomic E-state index is 13.8. The van der Waals surface area contributed by atoms with Crippen LogP contribution in [-0.2, 0) is 38.7 Å². The highest BCUT2D eigenvalue weighted by atomic mass is 16.5. The topological polar surface area (TPSA) is 177 Å². The summed E-state index contributed by atoms with van der Waals surface area (Å²) < 4.78 is 6.94. The van der Waals surface area contributed by atoms with Crippen molar-refractivity contribution in [2.24, 2.45) is 5.92 Å². The standard InChI is InChI=1S/C37H50N8O6/c1-5-25(2)33-37(50)42-31(21-27-12-16-30(51-4)17-13-27)36(49)41-26(3)34(47)39-18-6-7-19-44(32(46)9-8-20-45-24-38-23-40-45)22-28-10-14-29(15-11-28)35(48)43-33/h10-17,23-26,31,33H,5-9,18-22H2,1-4H3,(H,39,47)(H,41,49)(H,42,50)(H,43,48)/t25-,26+,31-,33?/m0/s1. The van der Waals surface area contributed by atoms with E-state index in [0.29, 0.717) is 69.6 Å². The fourth-order valence-corrected chi connectivity index (χ4v) is 5.74. The lowest BCUT2D eigenvalue weighted by atomic mass is 9.96. The highest BCUT2D eigenvalue weighted by Crippen LogP contribution is 2.16. The zero-order valence-electron chi connectivity index (χ0n) is 29.9. The second-order valence-corrected chi connectivity index (χ2v) is 13.0. The van der Waals surface area contributed by atoms with Crippen molar-refractivity contribution >= 4 is 29.5 Å². The van der Waals surface area contributed by atoms with Crippen LogP contribution in [0, 0.1) is 5.92 Å². The number of aromatic nitrogens is 3. The van der Waals surface area contributed by atoms with Crippen LogP contribution >= 0.6 is 0 Å². The van der Waals surface area contributed by atoms with E-state index >= 15 is 0 Å². The van der Waals surface area contributed by atoms with Gasteiger partial charge in [-0.15, -0.1) is 0 Å². The molecule has 0 saturated carbocycles. The molecule has 2 aliphatic heterocycles. The summed E-state index contributed by atoms with van der Waals surface area (Å²) in [6.45, 7) is 7.12. The summed E-state index contributed by atoms with van der Waals surface area (Å²) in [6, 6.07) is 11.3. The van der Waals surface area contributed by atoms with E-state index in [2.05, 4.69) is 31.3 Å². The van der Waals surface area contributed by atoms with Gasteiger partial charge in [0, 0.05) is 44.6 Å². The lowest BCUT2D eigenvalue weighted by Gasteiger charge is -2.27. The third-order valence-corrected chi connectivity index (χ3v) is 9.11. The van der Waals surface area contributed by atoms with Crippen LogP contribution in [0.25, 0.3) is 0 Å². The molecule has 2 aliphatic rings. The van der Waals surface area contributed by atoms with Gasteiger partial charge in [0.25, 0.3) is 5.91 Å². The Bertz CT molecular complexity index is 1600. The summed E-state index contributed by atoms with van der Waals surface area (Å²) >= 11 is 0. The van der Waals surface area contributed by atoms with Crippen LogP contribution in [-0.4, -0.2) is 87.5 Å². The van der Waals surface area contributed by atoms with Gasteiger partial charge < -0.3 is 30.9 Å². The normalized spacial score (nSPS) is 20.3. The number of hydrogen-bond donors (Lipinski definition) is 4. The monoisotopic (exact) mass is 702 g/mol. The van der Waals surface area contributed by atoms with Crippen molar-refractivity contribution in [1.82, 2.24) is 40.9 Å². The summed E-state index contributed by atoms with van der Waals surface area (Å²) in [5, 5.41) is 15.4. The Balaban J connectivity index is 1.55. The number of carbonyl (C=O) groups is 5. The summed E-state index contributed by atoms with van der Waals surface area (Å²) in [5.41, 5.74) is 1.99. The van der Waals surface area contributed by atoms with Crippen LogP contribution in [0.5, 0.6) is 5.75 Å². The molecule has 5 rings (SSSR count). The predicted octanol–water partition coefficient (Wildman–Crippen LogP) is 2.38. The molecule has 0 saturated heterocycles. The molecule has 1 unspecified atom stereocenters. The fraction of sp³-hybridized carbons (Fsp3) is 0.486. The third-order valence-electron chi connectivity index (χ3n) is 9.11. The molecule has 4 N–H and O–H groups in total. The van der Waals surface area contributed by atoms with E-state index in [1.54, 1.807) is 66.3 Å². The molecular weight excluding hydrogens is 652 g/mol. The Morgan fingerprint density at radius 2 is 1.71 bits per heavy atom. The van der Waals surface area contributed by atoms with Gasteiger partial charge in [-0.25, -0.2) is 4.98 Å². The summed E-state index contributed by atoms with van der Waals surface area (Å²) in [7, 11) is 1.56. The quantitative estimate of drug-likeness (QED) is 0.246. The van der Waals surface area contributed by atoms with E-state index in [1.165, 1.54) is 6.33 Å². The molecule has 1 aromatic heterocycles. The van der Waals surface area contributed by atoms with Gasteiger partial charge in [0.1, 0.15) is 36.5 Å². The van der Waals surface area contributed by atoms with Crippen LogP contribution in [0.4, 0.5) is 0 Å². The van der Waals surface area contributed by atoms with E-state index < -0.39 is 35.8 Å². The van der Waals surface area contributed by atoms with E-state index in [0.717, 1.165) is 11.1 Å². The molecule has 14 nitrogen and oxygen atoms in total. The molecule has 0 aliphatic carbocycles. The van der Waals surface area contributed by atoms with E-state index in [-0.39, 0.29) is 24.2 Å². The average molecular weight is 703 g/mol. The number of ether oxygens (including phenoxy) is 1. The smallest absolute Gasteiger partial charge is 0.251 e. The third kappa shape index (κ3) is 11.6. The maximum Gasteiger partial charge on any atom is 0.251 e. The zero-order valence-corrected chi connectivity index (χ0v) is 29.9. The number of nitrogens with zero attached hydrogens (tertiary/aromatic N) is 4. The lowest BCUT2D eigenvalue weighted by Crippen LogP contribution is -2.58. The largest absolute Gasteiger partial charge is 0.497 e. The number of methoxy groups -OCH3 is 1. The van der Waals surface area contributed by atoms with E-state index in [1.807, 2.05) is 26.0 Å². The van der Waals surface area contributed by atoms with Crippen molar-refractivity contribution in [3.05, 3.63) is 77.9 Å². The molecule has 51 heavy (non-hydrogen) atoms. The van der Waals surface area contributed by atoms with Gasteiger partial charge in [-0.05, 0) is 67.5 Å². The van der Waals surface area contributed by atoms with Gasteiger partial charge in [-0.1, -0.05) is 44.5 Å². The van der Waals surface area contributed by atoms with Gasteiger partial charge in [0.05, 0.1) is 7.11 Å². The van der Waals surface area contributed by atoms with Crippen LogP contribution in [0.2, 0.25) is 0 Å². The highest BCUT2D eigenvalue weighted by Gasteiger charge is 2.31. The number of carbonyl (C=O) groups excluding carboxylic acids is 5. The second kappa shape index (κ2) is 19.2. The summed E-state index contributed by atoms with van der Waals surface area (Å²) in [5.74, 6) is -1.46. The maximum absolute atomic E-state index is 13.8. The van der Waals surface area contributed by atoms with Crippen molar-refractivity contribution in [1.29, 1.82) is 0 Å². The molecule has 5 amide bonds. The first-order chi connectivity index (χ1) is 24.6. The molecule has 4 atom stereocenters. The molecule has 274 valence electrons. The minimum atomic E-state index is -1.03. The molecule has 2 bridgehead atoms. The molecule has 0 radical (unpaired) electrons. The van der Waals surface area contributed by atoms with Crippen molar-refractivity contribution < 1.29 is 28.7 Å². The Morgan fingerprint density at radius 3 is 2.37 bits per heavy atom. The van der Waals surface area contributed by atoms with Crippen LogP contribution in [0.1, 0.15) is 74.4 Å². The molecule has 0 spiro atoms. The molecule has 14 heteroatoms. The van der Waals surface area contributed by atoms with Gasteiger partial charge in [0.15, 0.2) is 0 Å². The number of aryl methyl sites for hydroxylation is 1. The fourth-order valence-electron chi connectivity index (χ4n) is 5.74. The molecule has 2 aromatic carbocycles. The lowest BCUT2D eigenvalue weighted by molar-refractivity contribution is -0.132. The van der Waals surface area contributed by atoms with Gasteiger partial charge in [-0.3, -0.25) is 28.7 Å². The first-order valence-corrected chi connectivity index (χ1v) is 17.6. The van der Waals surface area contributed by atoms with Gasteiger partial charge >= 0.3 is 0 Å². The zero-order chi connectivity index (χ0) is 36.8. The number of nitrogens with one attached hydrogen (secondary N) is 4. The minimum absolute atomic E-state index is 0.0118. The van der Waals surface area contributed by atoms with Crippen molar-refractivity contribution in [3.63, 3.8) is 0 Å². The average Bonchev–Trinajstić information content (AvgIpc) is 3.66. The van der Waals surface area contributed by atoms with Crippen molar-refractivity contribution in [2.75, 3.05) is 20.2 Å². The van der Waals surface area contributed by atoms with E-state index in [9.17, 15) is 24.0 Å². The molecular formula is C37H50N8O6. The number of benzene rings is 2. The van der Waals surface area contributed by atoms with Crippen LogP contribution in [0.3, 0.4) is 0 Å². The Labute approximate surface area is 299 Å². The van der Waals surface area contributed by atoms with Gasteiger partial charge in [0.2, 0.25) is 23.6 Å². The van der Waals surface area contributed by atoms with Crippen LogP contribution in [0.15, 0.2) is 61.2 Å². The second-order valence-electron chi connectivity index (χ2n) is 13.0. The Hall–Kier alpha value is -5.27. The number of amides is 5. The summed E-state index contributed by atoms with van der Waals surface area (Å²) in [4.78, 5) is 73.0. The minimum Gasteiger partial charge on any atom is -0.497 e. The first kappa shape index (κ1) is 38.5. The predicted molar refractivity (Wildman–Crippen MR) is 190 cm³/mol. The SMILES string of the molecule is CC[C@H](C)C1NC(=O)c2ccc(cc2)CN(C(=O)CCCn2cncn2)CCCCNC(=O)[C@@H](C)NC(=O)[C@H](Cc2ccc(OC)cc2)NC1=O. The van der Waals surface area contributed by atoms with Gasteiger partial charge in [-0.2, -0.15) is 5.10 Å².